The summed E-state index contributed by atoms with van der Waals surface area (Å²) >= 11 is 0. The highest BCUT2D eigenvalue weighted by atomic mass is 16.5. The number of fused-ring (bicyclic) bond motifs is 1. The SMILES string of the molecule is COc1cccc(CN2C[C@]34C=C[C@H](O3)[C@H](C(=O)N(C)CCC(N)=O)[C@@H]4C2=O)c1. The van der Waals surface area contributed by atoms with Crippen LogP contribution in [0.5, 0.6) is 5.75 Å². The maximum absolute atomic E-state index is 13.3. The predicted molar refractivity (Wildman–Crippen MR) is 104 cm³/mol. The van der Waals surface area contributed by atoms with Crippen molar-refractivity contribution in [1.29, 1.82) is 0 Å². The summed E-state index contributed by atoms with van der Waals surface area (Å²) in [6.45, 7) is 1.06. The first-order chi connectivity index (χ1) is 13.8. The van der Waals surface area contributed by atoms with Gasteiger partial charge in [-0.05, 0) is 17.7 Å². The number of primary amides is 1. The molecule has 29 heavy (non-hydrogen) atoms. The van der Waals surface area contributed by atoms with Gasteiger partial charge in [0.1, 0.15) is 11.4 Å². The maximum Gasteiger partial charge on any atom is 0.230 e. The molecule has 0 aromatic heterocycles. The van der Waals surface area contributed by atoms with Crippen LogP contribution in [0.3, 0.4) is 0 Å². The molecule has 3 aliphatic rings. The van der Waals surface area contributed by atoms with Crippen LogP contribution >= 0.6 is 0 Å². The van der Waals surface area contributed by atoms with Gasteiger partial charge in [-0.25, -0.2) is 0 Å². The van der Waals surface area contributed by atoms with E-state index in [2.05, 4.69) is 0 Å². The molecule has 2 fully saturated rings. The van der Waals surface area contributed by atoms with E-state index in [1.807, 2.05) is 36.4 Å². The number of amides is 3. The lowest BCUT2D eigenvalue weighted by Gasteiger charge is -2.27. The monoisotopic (exact) mass is 399 g/mol. The number of likely N-dealkylation sites (tertiary alicyclic amines) is 1. The third-order valence-corrected chi connectivity index (χ3v) is 6.04. The van der Waals surface area contributed by atoms with Crippen LogP contribution in [0.2, 0.25) is 0 Å². The van der Waals surface area contributed by atoms with E-state index in [4.69, 9.17) is 15.2 Å². The standard InChI is InChI=1S/C21H25N3O5/c1-23(9-7-16(22)25)19(26)17-15-6-8-21(29-15)12-24(20(27)18(17)21)11-13-4-3-5-14(10-13)28-2/h3-6,8,10,15,17-18H,7,9,11-12H2,1-2H3,(H2,22,25)/t15-,17-,18+,21-/m0/s1. The van der Waals surface area contributed by atoms with Crippen molar-refractivity contribution in [2.24, 2.45) is 17.6 Å². The number of nitrogens with two attached hydrogens (primary N) is 1. The predicted octanol–water partition coefficient (Wildman–Crippen LogP) is 0.311. The molecule has 0 aliphatic carbocycles. The molecule has 0 radical (unpaired) electrons. The maximum atomic E-state index is 13.3. The lowest BCUT2D eigenvalue weighted by atomic mass is 9.76. The molecule has 154 valence electrons. The summed E-state index contributed by atoms with van der Waals surface area (Å²) in [6, 6.07) is 7.58. The van der Waals surface area contributed by atoms with Gasteiger partial charge in [-0.3, -0.25) is 14.4 Å². The van der Waals surface area contributed by atoms with Crippen LogP contribution in [0.15, 0.2) is 36.4 Å². The molecular formula is C21H25N3O5. The Labute approximate surface area is 169 Å². The number of methoxy groups -OCH3 is 1. The summed E-state index contributed by atoms with van der Waals surface area (Å²) in [5, 5.41) is 0. The highest BCUT2D eigenvalue weighted by Gasteiger charge is 2.67. The van der Waals surface area contributed by atoms with Gasteiger partial charge in [0.2, 0.25) is 17.7 Å². The third kappa shape index (κ3) is 3.27. The normalized spacial score (nSPS) is 29.2. The fraction of sp³-hybridized carbons (Fsp3) is 0.476. The quantitative estimate of drug-likeness (QED) is 0.665. The van der Waals surface area contributed by atoms with E-state index in [0.717, 1.165) is 11.3 Å². The Morgan fingerprint density at radius 2 is 2.21 bits per heavy atom. The first kappa shape index (κ1) is 19.4. The summed E-state index contributed by atoms with van der Waals surface area (Å²) in [5.41, 5.74) is 5.39. The van der Waals surface area contributed by atoms with Crippen LogP contribution in [0.4, 0.5) is 0 Å². The van der Waals surface area contributed by atoms with E-state index >= 15 is 0 Å². The number of carbonyl (C=O) groups excluding carboxylic acids is 3. The van der Waals surface area contributed by atoms with E-state index in [1.54, 1.807) is 19.1 Å². The molecule has 8 heteroatoms. The Morgan fingerprint density at radius 3 is 2.93 bits per heavy atom. The van der Waals surface area contributed by atoms with Crippen molar-refractivity contribution < 1.29 is 23.9 Å². The Hall–Kier alpha value is -2.87. The fourth-order valence-electron chi connectivity index (χ4n) is 4.63. The number of ether oxygens (including phenoxy) is 2. The smallest absolute Gasteiger partial charge is 0.230 e. The molecule has 0 saturated carbocycles. The van der Waals surface area contributed by atoms with Gasteiger partial charge in [0.15, 0.2) is 0 Å². The molecule has 3 amide bonds. The molecule has 4 atom stereocenters. The number of hydrogen-bond acceptors (Lipinski definition) is 5. The van der Waals surface area contributed by atoms with Gasteiger partial charge in [0.25, 0.3) is 0 Å². The number of nitrogens with zero attached hydrogens (tertiary/aromatic N) is 2. The van der Waals surface area contributed by atoms with Crippen LogP contribution in [0.25, 0.3) is 0 Å². The van der Waals surface area contributed by atoms with E-state index < -0.39 is 29.4 Å². The second-order valence-corrected chi connectivity index (χ2v) is 7.92. The van der Waals surface area contributed by atoms with Crippen molar-refractivity contribution in [3.8, 4) is 5.75 Å². The highest BCUT2D eigenvalue weighted by Crippen LogP contribution is 2.52. The number of benzene rings is 1. The van der Waals surface area contributed by atoms with E-state index in [1.165, 1.54) is 4.90 Å². The van der Waals surface area contributed by atoms with Gasteiger partial charge in [0, 0.05) is 26.6 Å². The van der Waals surface area contributed by atoms with Crippen LogP contribution in [-0.2, 0) is 25.7 Å². The van der Waals surface area contributed by atoms with Crippen molar-refractivity contribution in [3.63, 3.8) is 0 Å². The average Bonchev–Trinajstić information content (AvgIpc) is 3.34. The Kier molecular flexibility index (Phi) is 4.82. The molecular weight excluding hydrogens is 374 g/mol. The molecule has 8 nitrogen and oxygen atoms in total. The van der Waals surface area contributed by atoms with Crippen molar-refractivity contribution in [2.75, 3.05) is 27.2 Å². The fourth-order valence-corrected chi connectivity index (χ4v) is 4.63. The molecule has 1 aromatic carbocycles. The third-order valence-electron chi connectivity index (χ3n) is 6.04. The number of carbonyl (C=O) groups is 3. The molecule has 4 rings (SSSR count). The average molecular weight is 399 g/mol. The summed E-state index contributed by atoms with van der Waals surface area (Å²) in [6.07, 6.45) is 3.48. The van der Waals surface area contributed by atoms with Gasteiger partial charge >= 0.3 is 0 Å². The molecule has 2 bridgehead atoms. The van der Waals surface area contributed by atoms with Gasteiger partial charge in [-0.2, -0.15) is 0 Å². The molecule has 2 N–H and O–H groups in total. The first-order valence-corrected chi connectivity index (χ1v) is 9.67. The molecule has 3 heterocycles. The second kappa shape index (κ2) is 7.18. The van der Waals surface area contributed by atoms with Gasteiger partial charge in [-0.1, -0.05) is 24.3 Å². The molecule has 0 unspecified atom stereocenters. The van der Waals surface area contributed by atoms with Gasteiger partial charge < -0.3 is 25.0 Å². The number of rotatable bonds is 7. The van der Waals surface area contributed by atoms with Gasteiger partial charge in [0.05, 0.1) is 31.6 Å². The van der Waals surface area contributed by atoms with Gasteiger partial charge in [-0.15, -0.1) is 0 Å². The van der Waals surface area contributed by atoms with Crippen molar-refractivity contribution in [2.45, 2.75) is 24.7 Å². The topological polar surface area (TPSA) is 102 Å². The van der Waals surface area contributed by atoms with E-state index in [-0.39, 0.29) is 24.8 Å². The first-order valence-electron chi connectivity index (χ1n) is 9.67. The van der Waals surface area contributed by atoms with Crippen molar-refractivity contribution in [3.05, 3.63) is 42.0 Å². The second-order valence-electron chi connectivity index (χ2n) is 7.92. The molecule has 3 aliphatic heterocycles. The lowest BCUT2D eigenvalue weighted by Crippen LogP contribution is -2.45. The molecule has 1 aromatic rings. The summed E-state index contributed by atoms with van der Waals surface area (Å²) in [4.78, 5) is 40.6. The van der Waals surface area contributed by atoms with Crippen molar-refractivity contribution >= 4 is 17.7 Å². The van der Waals surface area contributed by atoms with E-state index in [0.29, 0.717) is 13.1 Å². The minimum Gasteiger partial charge on any atom is -0.497 e. The minimum atomic E-state index is -0.758. The highest BCUT2D eigenvalue weighted by molar-refractivity contribution is 5.93. The minimum absolute atomic E-state index is 0.0821. The summed E-state index contributed by atoms with van der Waals surface area (Å²) < 4.78 is 11.4. The molecule has 1 spiro atoms. The number of hydrogen-bond donors (Lipinski definition) is 1. The Balaban J connectivity index is 1.53. The van der Waals surface area contributed by atoms with E-state index in [9.17, 15) is 14.4 Å². The van der Waals surface area contributed by atoms with Crippen LogP contribution < -0.4 is 10.5 Å². The van der Waals surface area contributed by atoms with Crippen molar-refractivity contribution in [1.82, 2.24) is 9.80 Å². The van der Waals surface area contributed by atoms with Crippen LogP contribution in [-0.4, -0.2) is 66.5 Å². The lowest BCUT2D eigenvalue weighted by molar-refractivity contribution is -0.142. The van der Waals surface area contributed by atoms with Crippen LogP contribution in [0.1, 0.15) is 12.0 Å². The van der Waals surface area contributed by atoms with Crippen LogP contribution in [0, 0.1) is 11.8 Å². The Bertz CT molecular complexity index is 885. The molecule has 2 saturated heterocycles. The summed E-state index contributed by atoms with van der Waals surface area (Å²) in [7, 11) is 3.23. The Morgan fingerprint density at radius 1 is 1.41 bits per heavy atom. The summed E-state index contributed by atoms with van der Waals surface area (Å²) in [5.74, 6) is -1.14. The largest absolute Gasteiger partial charge is 0.497 e. The zero-order valence-electron chi connectivity index (χ0n) is 16.5. The zero-order valence-corrected chi connectivity index (χ0v) is 16.5. The zero-order chi connectivity index (χ0) is 20.8.